The Morgan fingerprint density at radius 2 is 0.840 bits per heavy atom. The van der Waals surface area contributed by atoms with E-state index in [9.17, 15) is 4.79 Å². The molecular formula is C24H48O. The van der Waals surface area contributed by atoms with Crippen LogP contribution < -0.4 is 0 Å². The summed E-state index contributed by atoms with van der Waals surface area (Å²) >= 11 is 0. The first-order chi connectivity index (χ1) is 12.0. The zero-order valence-corrected chi connectivity index (χ0v) is 18.1. The third-order valence-corrected chi connectivity index (χ3v) is 5.86. The first-order valence-corrected chi connectivity index (χ1v) is 11.5. The van der Waals surface area contributed by atoms with Crippen molar-refractivity contribution in [2.75, 3.05) is 0 Å². The Kier molecular flexibility index (Phi) is 16.9. The number of Topliss-reactive ketones (excluding diaryl/α,β-unsaturated/α-hetero) is 1. The minimum Gasteiger partial charge on any atom is -0.299 e. The highest BCUT2D eigenvalue weighted by Gasteiger charge is 2.22. The van der Waals surface area contributed by atoms with Gasteiger partial charge in [0.15, 0.2) is 0 Å². The summed E-state index contributed by atoms with van der Waals surface area (Å²) in [4.78, 5) is 11.5. The summed E-state index contributed by atoms with van der Waals surface area (Å²) in [6, 6.07) is 0. The van der Waals surface area contributed by atoms with Gasteiger partial charge in [-0.25, -0.2) is 0 Å². The topological polar surface area (TPSA) is 17.1 Å². The Morgan fingerprint density at radius 1 is 0.560 bits per heavy atom. The fraction of sp³-hybridized carbons (Fsp3) is 0.958. The van der Waals surface area contributed by atoms with E-state index in [1.807, 2.05) is 0 Å². The van der Waals surface area contributed by atoms with Gasteiger partial charge in [0.2, 0.25) is 0 Å². The molecule has 0 saturated heterocycles. The van der Waals surface area contributed by atoms with Crippen molar-refractivity contribution < 1.29 is 4.79 Å². The number of rotatable bonds is 19. The highest BCUT2D eigenvalue weighted by molar-refractivity contribution is 5.81. The summed E-state index contributed by atoms with van der Waals surface area (Å²) in [5.74, 6) is 0.337. The molecular weight excluding hydrogens is 304 g/mol. The molecule has 0 N–H and O–H groups in total. The molecule has 0 heterocycles. The zero-order chi connectivity index (χ0) is 18.8. The molecule has 150 valence electrons. The predicted octanol–water partition coefficient (Wildman–Crippen LogP) is 8.64. The van der Waals surface area contributed by atoms with Crippen molar-refractivity contribution in [2.45, 2.75) is 143 Å². The summed E-state index contributed by atoms with van der Waals surface area (Å²) in [6.45, 7) is 8.19. The summed E-state index contributed by atoms with van der Waals surface area (Å²) < 4.78 is 0. The fourth-order valence-electron chi connectivity index (χ4n) is 3.47. The zero-order valence-electron chi connectivity index (χ0n) is 18.1. The summed E-state index contributed by atoms with van der Waals surface area (Å²) in [5.41, 5.74) is -0.102. The summed E-state index contributed by atoms with van der Waals surface area (Å²) in [5, 5.41) is 0. The van der Waals surface area contributed by atoms with Gasteiger partial charge in [-0.05, 0) is 13.3 Å². The normalized spacial score (nSPS) is 11.8. The maximum absolute atomic E-state index is 11.5. The van der Waals surface area contributed by atoms with Crippen molar-refractivity contribution in [1.82, 2.24) is 0 Å². The molecule has 0 aliphatic heterocycles. The van der Waals surface area contributed by atoms with Crippen molar-refractivity contribution in [3.63, 3.8) is 0 Å². The van der Waals surface area contributed by atoms with Gasteiger partial charge in [0.05, 0.1) is 0 Å². The monoisotopic (exact) mass is 352 g/mol. The Morgan fingerprint density at radius 3 is 1.12 bits per heavy atom. The molecule has 0 bridgehead atoms. The second kappa shape index (κ2) is 17.1. The fourth-order valence-corrected chi connectivity index (χ4v) is 3.47. The van der Waals surface area contributed by atoms with Crippen LogP contribution >= 0.6 is 0 Å². The van der Waals surface area contributed by atoms with E-state index >= 15 is 0 Å². The minimum absolute atomic E-state index is 0.102. The van der Waals surface area contributed by atoms with E-state index in [1.54, 1.807) is 6.92 Å². The van der Waals surface area contributed by atoms with Crippen LogP contribution in [0.15, 0.2) is 0 Å². The summed E-state index contributed by atoms with van der Waals surface area (Å²) in [7, 11) is 0. The van der Waals surface area contributed by atoms with Crippen LogP contribution in [0.25, 0.3) is 0 Å². The lowest BCUT2D eigenvalue weighted by Crippen LogP contribution is -2.20. The van der Waals surface area contributed by atoms with Gasteiger partial charge < -0.3 is 0 Å². The van der Waals surface area contributed by atoms with Gasteiger partial charge in [0.1, 0.15) is 5.78 Å². The standard InChI is InChI=1S/C24H48O/c1-5-6-7-8-9-10-11-12-13-14-15-16-17-18-19-20-21-22-24(3,4)23(2)25/h5-22H2,1-4H3. The first kappa shape index (κ1) is 24.7. The lowest BCUT2D eigenvalue weighted by atomic mass is 9.83. The molecule has 0 aliphatic rings. The van der Waals surface area contributed by atoms with E-state index in [0.29, 0.717) is 5.78 Å². The molecule has 0 radical (unpaired) electrons. The third-order valence-electron chi connectivity index (χ3n) is 5.86. The highest BCUT2D eigenvalue weighted by Crippen LogP contribution is 2.25. The van der Waals surface area contributed by atoms with Gasteiger partial charge in [-0.3, -0.25) is 4.79 Å². The van der Waals surface area contributed by atoms with Crippen LogP contribution in [-0.4, -0.2) is 5.78 Å². The lowest BCUT2D eigenvalue weighted by Gasteiger charge is -2.20. The van der Waals surface area contributed by atoms with Gasteiger partial charge in [-0.15, -0.1) is 0 Å². The molecule has 0 aromatic carbocycles. The van der Waals surface area contributed by atoms with E-state index in [2.05, 4.69) is 20.8 Å². The smallest absolute Gasteiger partial charge is 0.135 e. The first-order valence-electron chi connectivity index (χ1n) is 11.5. The van der Waals surface area contributed by atoms with E-state index in [-0.39, 0.29) is 5.41 Å². The second-order valence-electron chi connectivity index (χ2n) is 8.85. The van der Waals surface area contributed by atoms with Crippen molar-refractivity contribution in [2.24, 2.45) is 5.41 Å². The van der Waals surface area contributed by atoms with Gasteiger partial charge in [-0.2, -0.15) is 0 Å². The Labute approximate surface area is 159 Å². The molecule has 0 aromatic rings. The van der Waals surface area contributed by atoms with Crippen molar-refractivity contribution >= 4 is 5.78 Å². The van der Waals surface area contributed by atoms with Crippen molar-refractivity contribution in [3.05, 3.63) is 0 Å². The van der Waals surface area contributed by atoms with Crippen LogP contribution in [-0.2, 0) is 4.79 Å². The number of carbonyl (C=O) groups is 1. The molecule has 0 spiro atoms. The molecule has 0 fully saturated rings. The van der Waals surface area contributed by atoms with Gasteiger partial charge in [0.25, 0.3) is 0 Å². The third kappa shape index (κ3) is 16.9. The van der Waals surface area contributed by atoms with E-state index in [0.717, 1.165) is 6.42 Å². The number of ketones is 1. The molecule has 0 unspecified atom stereocenters. The number of hydrogen-bond acceptors (Lipinski definition) is 1. The average molecular weight is 353 g/mol. The highest BCUT2D eigenvalue weighted by atomic mass is 16.1. The molecule has 0 saturated carbocycles. The molecule has 0 aliphatic carbocycles. The molecule has 1 nitrogen and oxygen atoms in total. The average Bonchev–Trinajstić information content (AvgIpc) is 2.57. The molecule has 0 atom stereocenters. The number of hydrogen-bond donors (Lipinski definition) is 0. The maximum Gasteiger partial charge on any atom is 0.135 e. The number of carbonyl (C=O) groups excluding carboxylic acids is 1. The van der Waals surface area contributed by atoms with Crippen LogP contribution in [0.5, 0.6) is 0 Å². The Bertz CT molecular complexity index is 292. The molecule has 0 amide bonds. The molecule has 0 rings (SSSR count). The quantitative estimate of drug-likeness (QED) is 0.212. The van der Waals surface area contributed by atoms with Gasteiger partial charge in [0, 0.05) is 5.41 Å². The lowest BCUT2D eigenvalue weighted by molar-refractivity contribution is -0.125. The second-order valence-corrected chi connectivity index (χ2v) is 8.85. The molecule has 25 heavy (non-hydrogen) atoms. The van der Waals surface area contributed by atoms with Crippen molar-refractivity contribution in [1.29, 1.82) is 0 Å². The van der Waals surface area contributed by atoms with Crippen molar-refractivity contribution in [3.8, 4) is 0 Å². The van der Waals surface area contributed by atoms with Crippen LogP contribution in [0, 0.1) is 5.41 Å². The number of unbranched alkanes of at least 4 members (excludes halogenated alkanes) is 16. The largest absolute Gasteiger partial charge is 0.299 e. The Hall–Kier alpha value is -0.330. The van der Waals surface area contributed by atoms with Crippen LogP contribution in [0.4, 0.5) is 0 Å². The van der Waals surface area contributed by atoms with E-state index < -0.39 is 0 Å². The van der Waals surface area contributed by atoms with E-state index in [1.165, 1.54) is 109 Å². The van der Waals surface area contributed by atoms with E-state index in [4.69, 9.17) is 0 Å². The van der Waals surface area contributed by atoms with Gasteiger partial charge >= 0.3 is 0 Å². The minimum atomic E-state index is -0.102. The van der Waals surface area contributed by atoms with Gasteiger partial charge in [-0.1, -0.05) is 130 Å². The SMILES string of the molecule is CCCCCCCCCCCCCCCCCCCC(C)(C)C(C)=O. The van der Waals surface area contributed by atoms with Crippen LogP contribution in [0.2, 0.25) is 0 Å². The molecule has 1 heteroatoms. The predicted molar refractivity (Wildman–Crippen MR) is 113 cm³/mol. The van der Waals surface area contributed by atoms with Crippen LogP contribution in [0.1, 0.15) is 143 Å². The molecule has 0 aromatic heterocycles. The van der Waals surface area contributed by atoms with Crippen LogP contribution in [0.3, 0.4) is 0 Å². The maximum atomic E-state index is 11.5. The Balaban J connectivity index is 3.13. The summed E-state index contributed by atoms with van der Waals surface area (Å²) in [6.07, 6.45) is 25.0.